The van der Waals surface area contributed by atoms with Crippen molar-refractivity contribution in [3.63, 3.8) is 0 Å². The van der Waals surface area contributed by atoms with Crippen molar-refractivity contribution in [3.8, 4) is 0 Å². The predicted octanol–water partition coefficient (Wildman–Crippen LogP) is 4.26. The van der Waals surface area contributed by atoms with Gasteiger partial charge in [-0.3, -0.25) is 9.69 Å². The Hall–Kier alpha value is -4.23. The minimum atomic E-state index is -0.785. The highest BCUT2D eigenvalue weighted by Gasteiger charge is 2.57. The first kappa shape index (κ1) is 24.5. The van der Waals surface area contributed by atoms with Crippen LogP contribution in [-0.2, 0) is 25.7 Å². The highest BCUT2D eigenvalue weighted by atomic mass is 16.6. The fraction of sp³-hybridized carbons (Fsp3) is 0.233. The van der Waals surface area contributed by atoms with Gasteiger partial charge in [0.1, 0.15) is 25.0 Å². The second-order valence-corrected chi connectivity index (χ2v) is 9.07. The Morgan fingerprint density at radius 1 is 0.919 bits per heavy atom. The summed E-state index contributed by atoms with van der Waals surface area (Å²) >= 11 is 0. The Bertz CT molecular complexity index is 1250. The van der Waals surface area contributed by atoms with E-state index in [0.29, 0.717) is 6.61 Å². The van der Waals surface area contributed by atoms with Crippen molar-refractivity contribution >= 4 is 24.4 Å². The van der Waals surface area contributed by atoms with Crippen molar-refractivity contribution in [2.75, 3.05) is 13.2 Å². The summed E-state index contributed by atoms with van der Waals surface area (Å²) in [5, 5.41) is 0. The maximum absolute atomic E-state index is 13.6. The van der Waals surface area contributed by atoms with Gasteiger partial charge in [0, 0.05) is 0 Å². The zero-order chi connectivity index (χ0) is 25.6. The Labute approximate surface area is 215 Å². The van der Waals surface area contributed by atoms with Crippen molar-refractivity contribution in [3.05, 3.63) is 114 Å². The third kappa shape index (κ3) is 5.17. The number of hydrogen-bond donors (Lipinski definition) is 0. The zero-order valence-electron chi connectivity index (χ0n) is 20.3. The van der Waals surface area contributed by atoms with Gasteiger partial charge in [0.15, 0.2) is 0 Å². The van der Waals surface area contributed by atoms with E-state index in [2.05, 4.69) is 0 Å². The van der Waals surface area contributed by atoms with Crippen LogP contribution in [0.15, 0.2) is 97.1 Å². The molecule has 0 radical (unpaired) electrons. The first-order valence-corrected chi connectivity index (χ1v) is 12.3. The van der Waals surface area contributed by atoms with E-state index in [4.69, 9.17) is 9.47 Å². The molecule has 7 nitrogen and oxygen atoms in total. The van der Waals surface area contributed by atoms with Crippen LogP contribution in [0, 0.1) is 0 Å². The van der Waals surface area contributed by atoms with E-state index in [-0.39, 0.29) is 25.2 Å². The number of aldehydes is 1. The van der Waals surface area contributed by atoms with Crippen LogP contribution in [0.2, 0.25) is 0 Å². The number of cyclic esters (lactones) is 1. The van der Waals surface area contributed by atoms with E-state index in [1.807, 2.05) is 103 Å². The average molecular weight is 497 g/mol. The van der Waals surface area contributed by atoms with Crippen molar-refractivity contribution in [2.24, 2.45) is 0 Å². The molecule has 37 heavy (non-hydrogen) atoms. The molecule has 2 heterocycles. The molecule has 2 amide bonds. The second kappa shape index (κ2) is 11.2. The molecule has 3 aromatic carbocycles. The highest BCUT2D eigenvalue weighted by Crippen LogP contribution is 2.38. The van der Waals surface area contributed by atoms with Gasteiger partial charge in [-0.15, -0.1) is 0 Å². The van der Waals surface area contributed by atoms with Crippen LogP contribution in [0.25, 0.3) is 6.08 Å². The van der Waals surface area contributed by atoms with E-state index < -0.39 is 24.2 Å². The van der Waals surface area contributed by atoms with E-state index in [1.54, 1.807) is 0 Å². The lowest BCUT2D eigenvalue weighted by Crippen LogP contribution is -2.73. The molecule has 0 saturated carbocycles. The van der Waals surface area contributed by atoms with Crippen LogP contribution in [-0.4, -0.2) is 59.4 Å². The van der Waals surface area contributed by atoms with Gasteiger partial charge in [-0.1, -0.05) is 103 Å². The largest absolute Gasteiger partial charge is 0.447 e. The molecule has 0 aromatic heterocycles. The number of hydrogen-bond acceptors (Lipinski definition) is 5. The minimum Gasteiger partial charge on any atom is -0.447 e. The Morgan fingerprint density at radius 2 is 1.57 bits per heavy atom. The summed E-state index contributed by atoms with van der Waals surface area (Å²) in [6.45, 7) is 0.549. The Morgan fingerprint density at radius 3 is 2.24 bits per heavy atom. The number of ether oxygens (including phenoxy) is 2. The lowest BCUT2D eigenvalue weighted by Gasteiger charge is -2.51. The van der Waals surface area contributed by atoms with Crippen LogP contribution in [0.5, 0.6) is 0 Å². The summed E-state index contributed by atoms with van der Waals surface area (Å²) < 4.78 is 11.2. The van der Waals surface area contributed by atoms with Gasteiger partial charge in [-0.25, -0.2) is 4.79 Å². The van der Waals surface area contributed by atoms with Gasteiger partial charge in [0.2, 0.25) is 5.91 Å². The Kier molecular flexibility index (Phi) is 7.42. The van der Waals surface area contributed by atoms with E-state index >= 15 is 0 Å². The van der Waals surface area contributed by atoms with E-state index in [0.717, 1.165) is 23.0 Å². The SMILES string of the molecule is O=C[C@@H](COCc1ccccc1)N1C(=O)[C@@H](N2C(=O)OC[C@@H]2c2ccccc2)[C@H]1/C=C/c1ccccc1. The topological polar surface area (TPSA) is 76.2 Å². The number of amides is 2. The normalized spacial score (nSPS) is 22.1. The van der Waals surface area contributed by atoms with Gasteiger partial charge < -0.3 is 19.2 Å². The van der Waals surface area contributed by atoms with Crippen LogP contribution in [0.1, 0.15) is 22.7 Å². The van der Waals surface area contributed by atoms with Gasteiger partial charge in [-0.05, 0) is 16.7 Å². The molecule has 2 aliphatic rings. The molecule has 188 valence electrons. The summed E-state index contributed by atoms with van der Waals surface area (Å²) in [4.78, 5) is 41.5. The quantitative estimate of drug-likeness (QED) is 0.310. The molecule has 0 aliphatic carbocycles. The summed E-state index contributed by atoms with van der Waals surface area (Å²) in [5.41, 5.74) is 2.82. The van der Waals surface area contributed by atoms with Gasteiger partial charge in [0.05, 0.1) is 25.3 Å². The highest BCUT2D eigenvalue weighted by molar-refractivity contribution is 5.95. The zero-order valence-corrected chi connectivity index (χ0v) is 20.3. The summed E-state index contributed by atoms with van der Waals surface area (Å²) in [6.07, 6.45) is 3.98. The first-order chi connectivity index (χ1) is 18.2. The molecular weight excluding hydrogens is 468 g/mol. The second-order valence-electron chi connectivity index (χ2n) is 9.07. The number of carbonyl (C=O) groups excluding carboxylic acids is 3. The van der Waals surface area contributed by atoms with Crippen LogP contribution in [0.3, 0.4) is 0 Å². The van der Waals surface area contributed by atoms with Crippen molar-refractivity contribution < 1.29 is 23.9 Å². The maximum atomic E-state index is 13.6. The fourth-order valence-corrected chi connectivity index (χ4v) is 4.88. The number of carbonyl (C=O) groups is 3. The van der Waals surface area contributed by atoms with Crippen molar-refractivity contribution in [1.82, 2.24) is 9.80 Å². The average Bonchev–Trinajstić information content (AvgIpc) is 3.32. The first-order valence-electron chi connectivity index (χ1n) is 12.3. The molecule has 4 atom stereocenters. The summed E-state index contributed by atoms with van der Waals surface area (Å²) in [6, 6.07) is 26.4. The van der Waals surface area contributed by atoms with Crippen LogP contribution >= 0.6 is 0 Å². The molecule has 5 rings (SSSR count). The molecule has 0 unspecified atom stereocenters. The minimum absolute atomic E-state index is 0.0547. The number of rotatable bonds is 10. The maximum Gasteiger partial charge on any atom is 0.411 e. The summed E-state index contributed by atoms with van der Waals surface area (Å²) in [5.74, 6) is -0.303. The lowest BCUT2D eigenvalue weighted by atomic mass is 9.88. The van der Waals surface area contributed by atoms with Crippen molar-refractivity contribution in [1.29, 1.82) is 0 Å². The molecule has 0 N–H and O–H groups in total. The lowest BCUT2D eigenvalue weighted by molar-refractivity contribution is -0.162. The van der Waals surface area contributed by atoms with E-state index in [1.165, 1.54) is 9.80 Å². The monoisotopic (exact) mass is 496 g/mol. The van der Waals surface area contributed by atoms with Crippen LogP contribution < -0.4 is 0 Å². The number of benzene rings is 3. The van der Waals surface area contributed by atoms with Crippen LogP contribution in [0.4, 0.5) is 4.79 Å². The number of β-lactam (4-membered cyclic amide) rings is 1. The smallest absolute Gasteiger partial charge is 0.411 e. The predicted molar refractivity (Wildman–Crippen MR) is 138 cm³/mol. The van der Waals surface area contributed by atoms with E-state index in [9.17, 15) is 14.4 Å². The third-order valence-corrected chi connectivity index (χ3v) is 6.75. The molecule has 0 spiro atoms. The van der Waals surface area contributed by atoms with Gasteiger partial charge >= 0.3 is 6.09 Å². The van der Waals surface area contributed by atoms with Gasteiger partial charge in [-0.2, -0.15) is 0 Å². The third-order valence-electron chi connectivity index (χ3n) is 6.75. The molecule has 2 fully saturated rings. The fourth-order valence-electron chi connectivity index (χ4n) is 4.88. The molecule has 7 heteroatoms. The van der Waals surface area contributed by atoms with Crippen molar-refractivity contribution in [2.45, 2.75) is 30.8 Å². The summed E-state index contributed by atoms with van der Waals surface area (Å²) in [7, 11) is 0. The molecule has 2 saturated heterocycles. The molecule has 2 aliphatic heterocycles. The Balaban J connectivity index is 1.39. The molecule has 3 aromatic rings. The molecule has 0 bridgehead atoms. The molecular formula is C30H28N2O5. The number of nitrogens with zero attached hydrogens (tertiary/aromatic N) is 2. The van der Waals surface area contributed by atoms with Gasteiger partial charge in [0.25, 0.3) is 0 Å². The standard InChI is InChI=1S/C30H28N2O5/c33-18-25(20-36-19-23-12-6-2-7-13-23)31-26(17-16-22-10-4-1-5-11-22)28(29(31)34)32-27(21-37-30(32)35)24-14-8-3-9-15-24/h1-18,25-28H,19-21H2/b17-16+/t25-,26+,27+,28-/m0/s1. The number of likely N-dealkylation sites (tertiary alicyclic amines) is 1.